The molecule has 0 fully saturated rings. The van der Waals surface area contributed by atoms with Gasteiger partial charge >= 0.3 is 0 Å². The molecule has 1 aromatic heterocycles. The van der Waals surface area contributed by atoms with Gasteiger partial charge in [0.2, 0.25) is 0 Å². The average molecular weight is 129 g/mol. The molecule has 0 bridgehead atoms. The van der Waals surface area contributed by atoms with Crippen molar-refractivity contribution >= 4 is 21.0 Å². The van der Waals surface area contributed by atoms with Crippen LogP contribution in [0.2, 0.25) is 0 Å². The highest BCUT2D eigenvalue weighted by molar-refractivity contribution is 7.26. The predicted molar refractivity (Wildman–Crippen MR) is 31.9 cm³/mol. The van der Waals surface area contributed by atoms with E-state index in [-0.39, 0.29) is 0 Å². The van der Waals surface area contributed by atoms with Crippen LogP contribution in [0.3, 0.4) is 0 Å². The summed E-state index contributed by atoms with van der Waals surface area (Å²) in [4.78, 5) is 16.4. The van der Waals surface area contributed by atoms with Gasteiger partial charge in [0, 0.05) is 0 Å². The maximum Gasteiger partial charge on any atom is 0.167 e. The molecule has 42 valence electrons. The van der Waals surface area contributed by atoms with Crippen LogP contribution in [0, 0.1) is 0 Å². The van der Waals surface area contributed by atoms with Crippen molar-refractivity contribution in [3.05, 3.63) is 11.9 Å². The van der Waals surface area contributed by atoms with Crippen LogP contribution in [-0.4, -0.2) is 17.5 Å². The molecule has 0 aliphatic heterocycles. The first-order valence-corrected chi connectivity index (χ1v) is 2.47. The van der Waals surface area contributed by atoms with E-state index in [4.69, 9.17) is 1.28 Å². The van der Waals surface area contributed by atoms with Crippen molar-refractivity contribution in [1.82, 2.24) is 9.97 Å². The first-order valence-electron chi connectivity index (χ1n) is 2.47. The summed E-state index contributed by atoms with van der Waals surface area (Å²) in [5.74, 6) is 0. The first kappa shape index (κ1) is 4.21. The van der Waals surface area contributed by atoms with E-state index in [9.17, 15) is 4.79 Å². The van der Waals surface area contributed by atoms with Gasteiger partial charge < -0.3 is 14.2 Å². The van der Waals surface area contributed by atoms with Crippen molar-refractivity contribution in [3.8, 4) is 0 Å². The molecule has 0 aliphatic carbocycles. The molecule has 0 spiro atoms. The van der Waals surface area contributed by atoms with Gasteiger partial charge in [-0.25, -0.2) is 0 Å². The predicted octanol–water partition coefficient (Wildman–Crippen LogP) is -0.00970. The fourth-order valence-corrected chi connectivity index (χ4v) is 0.571. The van der Waals surface area contributed by atoms with Gasteiger partial charge in [-0.15, -0.1) is 0 Å². The highest BCUT2D eigenvalue weighted by atomic mass is 31.0. The lowest BCUT2D eigenvalue weighted by atomic mass is 10.6. The molecule has 1 rings (SSSR count). The van der Waals surface area contributed by atoms with Crippen LogP contribution in [0.5, 0.6) is 0 Å². The summed E-state index contributed by atoms with van der Waals surface area (Å²) < 4.78 is 6.79. The van der Waals surface area contributed by atoms with E-state index in [1.54, 1.807) is 0 Å². The fraction of sp³-hybridized carbons (Fsp3) is 0. The minimum atomic E-state index is 0.304. The zero-order valence-electron chi connectivity index (χ0n) is 4.96. The lowest BCUT2D eigenvalue weighted by Gasteiger charge is -1.86. The SMILES string of the molecule is [3H][P-]c1ncc(C=O)[nH]1. The van der Waals surface area contributed by atoms with E-state index in [2.05, 4.69) is 9.97 Å². The van der Waals surface area contributed by atoms with Gasteiger partial charge in [-0.2, -0.15) is 1.28 Å². The molecule has 3 nitrogen and oxygen atoms in total. The summed E-state index contributed by atoms with van der Waals surface area (Å²) in [7, 11) is 0.304. The second-order valence-corrected chi connectivity index (χ2v) is 1.70. The Morgan fingerprint density at radius 1 is 2.12 bits per heavy atom. The number of aldehydes is 1. The molecule has 1 N–H and O–H groups in total. The Bertz CT molecular complexity index is 212. The van der Waals surface area contributed by atoms with Crippen molar-refractivity contribution in [3.63, 3.8) is 0 Å². The van der Waals surface area contributed by atoms with Crippen molar-refractivity contribution < 1.29 is 4.79 Å². The topological polar surface area (TPSA) is 45.8 Å². The third-order valence-corrected chi connectivity index (χ3v) is 0.936. The van der Waals surface area contributed by atoms with Crippen LogP contribution in [-0.2, 0) is 0 Å². The number of imidazole rings is 1. The van der Waals surface area contributed by atoms with Gasteiger partial charge in [-0.3, -0.25) is 9.78 Å². The van der Waals surface area contributed by atoms with Crippen LogP contribution >= 0.6 is 9.18 Å². The van der Waals surface area contributed by atoms with E-state index in [0.717, 1.165) is 0 Å². The number of carbonyl (C=O) groups excluding carboxylic acids is 1. The average Bonchev–Trinajstić information content (AvgIpc) is 2.34. The van der Waals surface area contributed by atoms with Gasteiger partial charge in [0.1, 0.15) is 0 Å². The zero-order valence-corrected chi connectivity index (χ0v) is 4.85. The third kappa shape index (κ3) is 0.928. The normalized spacial score (nSPS) is 12.2. The quantitative estimate of drug-likeness (QED) is 0.451. The van der Waals surface area contributed by atoms with E-state index < -0.39 is 0 Å². The molecule has 0 aliphatic rings. The molecule has 0 atom stereocenters. The first-order chi connectivity index (χ1) is 4.36. The maximum atomic E-state index is 10.0. The molecule has 0 radical (unpaired) electrons. The van der Waals surface area contributed by atoms with E-state index in [0.29, 0.717) is 26.7 Å². The van der Waals surface area contributed by atoms with Gasteiger partial charge in [0.05, 0.1) is 11.9 Å². The molecule has 0 amide bonds. The molecular weight excluding hydrogens is 123 g/mol. The molecule has 0 unspecified atom stereocenters. The van der Waals surface area contributed by atoms with Crippen LogP contribution < -0.4 is 5.57 Å². The number of nitrogens with zero attached hydrogens (tertiary/aromatic N) is 1. The highest BCUT2D eigenvalue weighted by Crippen LogP contribution is 1.84. The summed E-state index contributed by atoms with van der Waals surface area (Å²) in [6, 6.07) is 0. The second kappa shape index (κ2) is 2.05. The van der Waals surface area contributed by atoms with Crippen molar-refractivity contribution in [2.45, 2.75) is 0 Å². The molecule has 8 heavy (non-hydrogen) atoms. The number of hydrogen-bond acceptors (Lipinski definition) is 2. The summed E-state index contributed by atoms with van der Waals surface area (Å²) in [6.45, 7) is 0. The van der Waals surface area contributed by atoms with E-state index in [1.807, 2.05) is 0 Å². The molecule has 0 aromatic carbocycles. The zero-order chi connectivity index (χ0) is 6.69. The largest absolute Gasteiger partial charge is 0.485 e. The number of carbonyl (C=O) groups is 1. The molecule has 0 saturated carbocycles. The minimum Gasteiger partial charge on any atom is -0.485 e. The number of aromatic amines is 1. The molecule has 1 heterocycles. The van der Waals surface area contributed by atoms with Crippen molar-refractivity contribution in [1.29, 1.82) is 1.28 Å². The smallest absolute Gasteiger partial charge is 0.167 e. The van der Waals surface area contributed by atoms with Gasteiger partial charge in [0.25, 0.3) is 0 Å². The number of H-pyrrole nitrogens is 1. The highest BCUT2D eigenvalue weighted by Gasteiger charge is 1.84. The molecular formula is C4H4N2OP-. The van der Waals surface area contributed by atoms with Gasteiger partial charge in [0.15, 0.2) is 6.29 Å². The van der Waals surface area contributed by atoms with Crippen molar-refractivity contribution in [2.75, 3.05) is 0 Å². The maximum absolute atomic E-state index is 10.0. The fourth-order valence-electron chi connectivity index (χ4n) is 0.384. The van der Waals surface area contributed by atoms with E-state index >= 15 is 0 Å². The van der Waals surface area contributed by atoms with Crippen LogP contribution in [0.25, 0.3) is 0 Å². The monoisotopic (exact) mass is 129 g/mol. The Kier molecular flexibility index (Phi) is 1.08. The second-order valence-electron chi connectivity index (χ2n) is 1.28. The number of aromatic nitrogens is 2. The minimum absolute atomic E-state index is 0.304. The summed E-state index contributed by atoms with van der Waals surface area (Å²) in [5.41, 5.74) is 0.918. The summed E-state index contributed by atoms with van der Waals surface area (Å²) in [6.07, 6.45) is 2.07. The van der Waals surface area contributed by atoms with Crippen LogP contribution in [0.4, 0.5) is 0 Å². The van der Waals surface area contributed by atoms with Crippen LogP contribution in [0.1, 0.15) is 10.5 Å². The van der Waals surface area contributed by atoms with Gasteiger partial charge in [-0.1, -0.05) is 5.57 Å². The Hall–Kier alpha value is -0.690. The number of nitrogens with one attached hydrogen (secondary N) is 1. The summed E-state index contributed by atoms with van der Waals surface area (Å²) >= 11 is 0. The Balaban J connectivity index is 2.86. The van der Waals surface area contributed by atoms with Crippen molar-refractivity contribution in [2.24, 2.45) is 0 Å². The Labute approximate surface area is 50.0 Å². The van der Waals surface area contributed by atoms with Gasteiger partial charge in [-0.05, 0) is 0 Å². The Morgan fingerprint density at radius 2 is 3.00 bits per heavy atom. The van der Waals surface area contributed by atoms with E-state index in [1.165, 1.54) is 6.20 Å². The summed E-state index contributed by atoms with van der Waals surface area (Å²) in [5, 5.41) is 0. The lowest BCUT2D eigenvalue weighted by Crippen LogP contribution is -1.92. The lowest BCUT2D eigenvalue weighted by molar-refractivity contribution is 0.111. The molecule has 0 saturated heterocycles. The molecule has 1 aromatic rings. The Morgan fingerprint density at radius 3 is 3.38 bits per heavy atom. The molecule has 4 heteroatoms. The van der Waals surface area contributed by atoms with Crippen LogP contribution in [0.15, 0.2) is 6.20 Å². The third-order valence-electron chi connectivity index (χ3n) is 0.709. The number of hydrogen-bond donors (Lipinski definition) is 1. The standard InChI is InChI=1S/C4H4N2OP/c7-2-3-1-5-4(8)6-3/h1-2,8H,(H,5,6)/q-1/i8T. The number of rotatable bonds is 2.